The molecule has 0 amide bonds. The maximum Gasteiger partial charge on any atom is 0.123 e. The molecule has 1 aromatic rings. The Hall–Kier alpha value is -0.730. The molecule has 0 radical (unpaired) electrons. The fraction of sp³-hybridized carbons (Fsp3) is 0.571. The van der Waals surface area contributed by atoms with Crippen LogP contribution in [0.4, 0.5) is 0 Å². The van der Waals surface area contributed by atoms with Crippen LogP contribution in [0.5, 0.6) is 5.75 Å². The minimum absolute atomic E-state index is 0.410. The molecule has 0 aliphatic heterocycles. The summed E-state index contributed by atoms with van der Waals surface area (Å²) in [7, 11) is 0. The number of nitrogens with one attached hydrogen (secondary N) is 1. The third kappa shape index (κ3) is 4.97. The number of hydrogen-bond acceptors (Lipinski definition) is 2. The van der Waals surface area contributed by atoms with Gasteiger partial charge in [-0.15, -0.1) is 0 Å². The predicted octanol–water partition coefficient (Wildman–Crippen LogP) is 3.81. The largest absolute Gasteiger partial charge is 0.492 e. The van der Waals surface area contributed by atoms with Gasteiger partial charge in [0.2, 0.25) is 0 Å². The second-order valence-electron chi connectivity index (χ2n) is 4.28. The molecule has 1 aromatic carbocycles. The van der Waals surface area contributed by atoms with Gasteiger partial charge in [-0.05, 0) is 44.0 Å². The maximum absolute atomic E-state index is 5.95. The van der Waals surface area contributed by atoms with Crippen molar-refractivity contribution in [1.82, 2.24) is 5.32 Å². The fourth-order valence-electron chi connectivity index (χ4n) is 1.59. The van der Waals surface area contributed by atoms with Crippen LogP contribution >= 0.6 is 11.6 Å². The molecule has 3 heteroatoms. The SMILES string of the molecule is CCCNC(CC)COc1cc(Cl)ccc1C. The zero-order valence-electron chi connectivity index (χ0n) is 10.9. The molecule has 0 fully saturated rings. The second kappa shape index (κ2) is 7.57. The van der Waals surface area contributed by atoms with E-state index in [4.69, 9.17) is 16.3 Å². The van der Waals surface area contributed by atoms with Gasteiger partial charge < -0.3 is 10.1 Å². The third-order valence-electron chi connectivity index (χ3n) is 2.77. The average molecular weight is 256 g/mol. The fourth-order valence-corrected chi connectivity index (χ4v) is 1.75. The summed E-state index contributed by atoms with van der Waals surface area (Å²) in [4.78, 5) is 0. The van der Waals surface area contributed by atoms with Gasteiger partial charge in [0.1, 0.15) is 12.4 Å². The van der Waals surface area contributed by atoms with Crippen LogP contribution in [0, 0.1) is 6.92 Å². The molecule has 1 N–H and O–H groups in total. The number of hydrogen-bond donors (Lipinski definition) is 1. The molecule has 2 nitrogen and oxygen atoms in total. The zero-order valence-corrected chi connectivity index (χ0v) is 11.7. The van der Waals surface area contributed by atoms with Crippen LogP contribution in [0.25, 0.3) is 0 Å². The van der Waals surface area contributed by atoms with E-state index >= 15 is 0 Å². The van der Waals surface area contributed by atoms with E-state index in [-0.39, 0.29) is 0 Å². The summed E-state index contributed by atoms with van der Waals surface area (Å²) < 4.78 is 5.82. The molecule has 0 saturated carbocycles. The van der Waals surface area contributed by atoms with Gasteiger partial charge in [-0.1, -0.05) is 31.5 Å². The molecule has 0 bridgehead atoms. The molecule has 0 heterocycles. The van der Waals surface area contributed by atoms with Crippen molar-refractivity contribution in [2.75, 3.05) is 13.2 Å². The number of aryl methyl sites for hydroxylation is 1. The Morgan fingerprint density at radius 2 is 2.12 bits per heavy atom. The first-order valence-electron chi connectivity index (χ1n) is 6.29. The van der Waals surface area contributed by atoms with Crippen LogP contribution in [0.15, 0.2) is 18.2 Å². The summed E-state index contributed by atoms with van der Waals surface area (Å²) in [5, 5.41) is 4.19. The highest BCUT2D eigenvalue weighted by molar-refractivity contribution is 6.30. The van der Waals surface area contributed by atoms with Crippen molar-refractivity contribution in [3.05, 3.63) is 28.8 Å². The molecule has 1 atom stereocenters. The highest BCUT2D eigenvalue weighted by Crippen LogP contribution is 2.22. The van der Waals surface area contributed by atoms with E-state index in [1.165, 1.54) is 0 Å². The average Bonchev–Trinajstić information content (AvgIpc) is 2.33. The molecule has 0 aliphatic rings. The molecule has 1 unspecified atom stereocenters. The quantitative estimate of drug-likeness (QED) is 0.800. The molecule has 1 rings (SSSR count). The lowest BCUT2D eigenvalue weighted by Crippen LogP contribution is -2.34. The third-order valence-corrected chi connectivity index (χ3v) is 3.00. The Morgan fingerprint density at radius 3 is 2.76 bits per heavy atom. The molecular formula is C14H22ClNO. The summed E-state index contributed by atoms with van der Waals surface area (Å²) in [5.41, 5.74) is 1.12. The van der Waals surface area contributed by atoms with Gasteiger partial charge in [0.15, 0.2) is 0 Å². The maximum atomic E-state index is 5.95. The molecule has 0 aromatic heterocycles. The van der Waals surface area contributed by atoms with E-state index in [0.29, 0.717) is 12.6 Å². The first-order chi connectivity index (χ1) is 8.17. The van der Waals surface area contributed by atoms with Gasteiger partial charge in [-0.3, -0.25) is 0 Å². The van der Waals surface area contributed by atoms with Gasteiger partial charge >= 0.3 is 0 Å². The second-order valence-corrected chi connectivity index (χ2v) is 4.72. The molecule has 0 aliphatic carbocycles. The minimum atomic E-state index is 0.410. The van der Waals surface area contributed by atoms with Gasteiger partial charge in [0.05, 0.1) is 0 Å². The van der Waals surface area contributed by atoms with Gasteiger partial charge in [-0.2, -0.15) is 0 Å². The van der Waals surface area contributed by atoms with Crippen LogP contribution in [-0.2, 0) is 0 Å². The monoisotopic (exact) mass is 255 g/mol. The van der Waals surface area contributed by atoms with E-state index < -0.39 is 0 Å². The first-order valence-corrected chi connectivity index (χ1v) is 6.67. The van der Waals surface area contributed by atoms with Crippen molar-refractivity contribution in [3.63, 3.8) is 0 Å². The predicted molar refractivity (Wildman–Crippen MR) is 74.1 cm³/mol. The summed E-state index contributed by atoms with van der Waals surface area (Å²) in [6.07, 6.45) is 2.21. The molecule has 0 saturated heterocycles. The topological polar surface area (TPSA) is 21.3 Å². The van der Waals surface area contributed by atoms with Gasteiger partial charge in [-0.25, -0.2) is 0 Å². The van der Waals surface area contributed by atoms with E-state index in [9.17, 15) is 0 Å². The number of halogens is 1. The first kappa shape index (κ1) is 14.3. The van der Waals surface area contributed by atoms with Crippen LogP contribution in [0.3, 0.4) is 0 Å². The van der Waals surface area contributed by atoms with Crippen molar-refractivity contribution in [3.8, 4) is 5.75 Å². The lowest BCUT2D eigenvalue weighted by molar-refractivity contribution is 0.259. The van der Waals surface area contributed by atoms with E-state index in [1.807, 2.05) is 25.1 Å². The van der Waals surface area contributed by atoms with E-state index in [0.717, 1.165) is 35.7 Å². The Morgan fingerprint density at radius 1 is 1.35 bits per heavy atom. The van der Waals surface area contributed by atoms with Gasteiger partial charge in [0, 0.05) is 11.1 Å². The minimum Gasteiger partial charge on any atom is -0.492 e. The Bertz CT molecular complexity index is 341. The standard InChI is InChI=1S/C14H22ClNO/c1-4-8-16-13(5-2)10-17-14-9-12(15)7-6-11(14)3/h6-7,9,13,16H,4-5,8,10H2,1-3H3. The smallest absolute Gasteiger partial charge is 0.123 e. The van der Waals surface area contributed by atoms with E-state index in [1.54, 1.807) is 0 Å². The molecule has 0 spiro atoms. The van der Waals surface area contributed by atoms with Crippen molar-refractivity contribution >= 4 is 11.6 Å². The van der Waals surface area contributed by atoms with Crippen LogP contribution in [0.2, 0.25) is 5.02 Å². The van der Waals surface area contributed by atoms with Crippen molar-refractivity contribution in [2.45, 2.75) is 39.7 Å². The summed E-state index contributed by atoms with van der Waals surface area (Å²) >= 11 is 5.95. The normalized spacial score (nSPS) is 12.5. The summed E-state index contributed by atoms with van der Waals surface area (Å²) in [6, 6.07) is 6.16. The number of benzene rings is 1. The Labute approximate surface area is 109 Å². The molecule has 96 valence electrons. The van der Waals surface area contributed by atoms with E-state index in [2.05, 4.69) is 19.2 Å². The van der Waals surface area contributed by atoms with Crippen molar-refractivity contribution < 1.29 is 4.74 Å². The number of ether oxygens (including phenoxy) is 1. The van der Waals surface area contributed by atoms with Crippen LogP contribution in [0.1, 0.15) is 32.3 Å². The van der Waals surface area contributed by atoms with Crippen LogP contribution < -0.4 is 10.1 Å². The summed E-state index contributed by atoms with van der Waals surface area (Å²) in [5.74, 6) is 0.884. The Balaban J connectivity index is 2.50. The highest BCUT2D eigenvalue weighted by Gasteiger charge is 2.07. The number of rotatable bonds is 7. The van der Waals surface area contributed by atoms with Gasteiger partial charge in [0.25, 0.3) is 0 Å². The molecule has 17 heavy (non-hydrogen) atoms. The summed E-state index contributed by atoms with van der Waals surface area (Å²) in [6.45, 7) is 8.10. The lowest BCUT2D eigenvalue weighted by atomic mass is 10.2. The lowest BCUT2D eigenvalue weighted by Gasteiger charge is -2.18. The van der Waals surface area contributed by atoms with Crippen molar-refractivity contribution in [2.24, 2.45) is 0 Å². The van der Waals surface area contributed by atoms with Crippen LogP contribution in [-0.4, -0.2) is 19.2 Å². The molecular weight excluding hydrogens is 234 g/mol. The Kier molecular flexibility index (Phi) is 6.38. The van der Waals surface area contributed by atoms with Crippen molar-refractivity contribution in [1.29, 1.82) is 0 Å². The highest BCUT2D eigenvalue weighted by atomic mass is 35.5. The zero-order chi connectivity index (χ0) is 12.7.